The van der Waals surface area contributed by atoms with Crippen molar-refractivity contribution in [1.82, 2.24) is 4.98 Å². The van der Waals surface area contributed by atoms with Gasteiger partial charge < -0.3 is 4.74 Å². The number of rotatable bonds is 4. The topological polar surface area (TPSA) is 39.2 Å². The van der Waals surface area contributed by atoms with Gasteiger partial charge in [-0.2, -0.15) is 0 Å². The predicted molar refractivity (Wildman–Crippen MR) is 52.4 cm³/mol. The molecule has 0 radical (unpaired) electrons. The molecule has 1 rings (SSSR count). The molecule has 13 heavy (non-hydrogen) atoms. The van der Waals surface area contributed by atoms with Crippen molar-refractivity contribution >= 4 is 22.4 Å². The second-order valence-electron chi connectivity index (χ2n) is 2.64. The van der Waals surface area contributed by atoms with Crippen LogP contribution in [0.2, 0.25) is 0 Å². The Bertz CT molecular complexity index is 281. The van der Waals surface area contributed by atoms with Crippen molar-refractivity contribution in [2.24, 2.45) is 0 Å². The monoisotopic (exact) mass is 243 g/mol. The van der Waals surface area contributed by atoms with E-state index in [1.165, 1.54) is 0 Å². The van der Waals surface area contributed by atoms with E-state index in [0.717, 1.165) is 15.9 Å². The summed E-state index contributed by atoms with van der Waals surface area (Å²) in [5.41, 5.74) is 1.88. The molecule has 0 aliphatic heterocycles. The maximum Gasteiger partial charge on any atom is 0.293 e. The maximum absolute atomic E-state index is 9.88. The van der Waals surface area contributed by atoms with Gasteiger partial charge in [0, 0.05) is 22.3 Å². The summed E-state index contributed by atoms with van der Waals surface area (Å²) in [6, 6.07) is 3.85. The van der Waals surface area contributed by atoms with Crippen molar-refractivity contribution in [3.05, 3.63) is 28.0 Å². The molecule has 70 valence electrons. The number of carbonyl (C=O) groups is 1. The Labute approximate surface area is 85.3 Å². The van der Waals surface area contributed by atoms with E-state index in [-0.39, 0.29) is 0 Å². The Balaban J connectivity index is 2.60. The number of halogens is 1. The smallest absolute Gasteiger partial charge is 0.293 e. The molecule has 0 aliphatic rings. The lowest BCUT2D eigenvalue weighted by Crippen LogP contribution is -1.99. The summed E-state index contributed by atoms with van der Waals surface area (Å²) in [4.78, 5) is 14.2. The van der Waals surface area contributed by atoms with E-state index in [9.17, 15) is 4.79 Å². The molecule has 0 N–H and O–H groups in total. The molecule has 1 heterocycles. The molecule has 0 atom stereocenters. The van der Waals surface area contributed by atoms with Crippen LogP contribution < -0.4 is 0 Å². The van der Waals surface area contributed by atoms with Gasteiger partial charge >= 0.3 is 0 Å². The quantitative estimate of drug-likeness (QED) is 0.599. The van der Waals surface area contributed by atoms with Crippen LogP contribution in [0.3, 0.4) is 0 Å². The van der Waals surface area contributed by atoms with Crippen LogP contribution in [0.15, 0.2) is 16.6 Å². The lowest BCUT2D eigenvalue weighted by Gasteiger charge is -2.01. The molecule has 0 saturated heterocycles. The Morgan fingerprint density at radius 1 is 1.62 bits per heavy atom. The summed E-state index contributed by atoms with van der Waals surface area (Å²) >= 11 is 3.37. The van der Waals surface area contributed by atoms with Crippen molar-refractivity contribution in [3.63, 3.8) is 0 Å². The third kappa shape index (κ3) is 3.55. The SMILES string of the molecule is Cc1cc(Br)cc(CCOC=O)n1. The fourth-order valence-electron chi connectivity index (χ4n) is 1.03. The molecule has 0 spiro atoms. The third-order valence-corrected chi connectivity index (χ3v) is 1.97. The number of aromatic nitrogens is 1. The molecule has 0 fully saturated rings. The van der Waals surface area contributed by atoms with E-state index < -0.39 is 0 Å². The minimum absolute atomic E-state index is 0.381. The minimum atomic E-state index is 0.381. The van der Waals surface area contributed by atoms with Crippen LogP contribution in [0.5, 0.6) is 0 Å². The van der Waals surface area contributed by atoms with Gasteiger partial charge in [-0.3, -0.25) is 9.78 Å². The van der Waals surface area contributed by atoms with Gasteiger partial charge in [-0.1, -0.05) is 15.9 Å². The van der Waals surface area contributed by atoms with Crippen LogP contribution in [0, 0.1) is 6.92 Å². The molecule has 0 aromatic carbocycles. The van der Waals surface area contributed by atoms with E-state index in [4.69, 9.17) is 0 Å². The van der Waals surface area contributed by atoms with Crippen molar-refractivity contribution in [2.45, 2.75) is 13.3 Å². The number of ether oxygens (including phenoxy) is 1. The highest BCUT2D eigenvalue weighted by Crippen LogP contribution is 2.12. The van der Waals surface area contributed by atoms with Gasteiger partial charge in [0.2, 0.25) is 0 Å². The highest BCUT2D eigenvalue weighted by molar-refractivity contribution is 9.10. The number of carbonyl (C=O) groups excluding carboxylic acids is 1. The summed E-state index contributed by atoms with van der Waals surface area (Å²) in [5.74, 6) is 0. The molecule has 0 saturated carbocycles. The summed E-state index contributed by atoms with van der Waals surface area (Å²) in [6.07, 6.45) is 0.652. The summed E-state index contributed by atoms with van der Waals surface area (Å²) in [5, 5.41) is 0. The summed E-state index contributed by atoms with van der Waals surface area (Å²) in [6.45, 7) is 2.76. The molecule has 0 amide bonds. The zero-order valence-corrected chi connectivity index (χ0v) is 8.87. The molecule has 0 aliphatic carbocycles. The van der Waals surface area contributed by atoms with Gasteiger partial charge in [-0.05, 0) is 19.1 Å². The van der Waals surface area contributed by atoms with Gasteiger partial charge in [0.1, 0.15) is 0 Å². The molecule has 0 unspecified atom stereocenters. The van der Waals surface area contributed by atoms with Gasteiger partial charge in [-0.15, -0.1) is 0 Å². The zero-order chi connectivity index (χ0) is 9.68. The summed E-state index contributed by atoms with van der Waals surface area (Å²) in [7, 11) is 0. The van der Waals surface area contributed by atoms with Crippen LogP contribution in [0.4, 0.5) is 0 Å². The Morgan fingerprint density at radius 2 is 2.38 bits per heavy atom. The molecule has 3 nitrogen and oxygen atoms in total. The summed E-state index contributed by atoms with van der Waals surface area (Å²) < 4.78 is 5.58. The molecular weight excluding hydrogens is 234 g/mol. The van der Waals surface area contributed by atoms with Crippen molar-refractivity contribution in [3.8, 4) is 0 Å². The van der Waals surface area contributed by atoms with E-state index in [0.29, 0.717) is 19.5 Å². The first-order valence-electron chi connectivity index (χ1n) is 3.90. The number of hydrogen-bond acceptors (Lipinski definition) is 3. The fraction of sp³-hybridized carbons (Fsp3) is 0.333. The van der Waals surface area contributed by atoms with Crippen LogP contribution in [-0.4, -0.2) is 18.1 Å². The van der Waals surface area contributed by atoms with Gasteiger partial charge in [-0.25, -0.2) is 0 Å². The van der Waals surface area contributed by atoms with Crippen molar-refractivity contribution in [2.75, 3.05) is 6.61 Å². The highest BCUT2D eigenvalue weighted by Gasteiger charge is 1.98. The molecular formula is C9H10BrNO2. The molecule has 0 bridgehead atoms. The van der Waals surface area contributed by atoms with Gasteiger partial charge in [0.05, 0.1) is 6.61 Å². The average molecular weight is 244 g/mol. The highest BCUT2D eigenvalue weighted by atomic mass is 79.9. The van der Waals surface area contributed by atoms with E-state index in [1.54, 1.807) is 0 Å². The normalized spacial score (nSPS) is 9.69. The first-order chi connectivity index (χ1) is 6.22. The van der Waals surface area contributed by atoms with Gasteiger partial charge in [0.15, 0.2) is 0 Å². The van der Waals surface area contributed by atoms with E-state index >= 15 is 0 Å². The van der Waals surface area contributed by atoms with Crippen LogP contribution in [0.1, 0.15) is 11.4 Å². The lowest BCUT2D eigenvalue weighted by molar-refractivity contribution is -0.128. The minimum Gasteiger partial charge on any atom is -0.467 e. The number of hydrogen-bond donors (Lipinski definition) is 0. The van der Waals surface area contributed by atoms with Crippen molar-refractivity contribution < 1.29 is 9.53 Å². The Hall–Kier alpha value is -0.900. The largest absolute Gasteiger partial charge is 0.467 e. The number of aryl methyl sites for hydroxylation is 1. The lowest BCUT2D eigenvalue weighted by atomic mass is 10.2. The standard InChI is InChI=1S/C9H10BrNO2/c1-7-4-8(10)5-9(11-7)2-3-13-6-12/h4-6H,2-3H2,1H3. The second kappa shape index (κ2) is 4.97. The third-order valence-electron chi connectivity index (χ3n) is 1.52. The predicted octanol–water partition coefficient (Wildman–Crippen LogP) is 1.87. The fourth-order valence-corrected chi connectivity index (χ4v) is 1.63. The van der Waals surface area contributed by atoms with E-state index in [2.05, 4.69) is 25.7 Å². The van der Waals surface area contributed by atoms with Crippen LogP contribution in [-0.2, 0) is 16.0 Å². The Morgan fingerprint density at radius 3 is 3.00 bits per heavy atom. The Kier molecular flexibility index (Phi) is 3.89. The number of pyridine rings is 1. The number of nitrogens with zero attached hydrogens (tertiary/aromatic N) is 1. The maximum atomic E-state index is 9.88. The molecule has 4 heteroatoms. The van der Waals surface area contributed by atoms with Crippen molar-refractivity contribution in [1.29, 1.82) is 0 Å². The van der Waals surface area contributed by atoms with Gasteiger partial charge in [0.25, 0.3) is 6.47 Å². The second-order valence-corrected chi connectivity index (χ2v) is 3.55. The first-order valence-corrected chi connectivity index (χ1v) is 4.70. The van der Waals surface area contributed by atoms with Crippen LogP contribution >= 0.6 is 15.9 Å². The van der Waals surface area contributed by atoms with E-state index in [1.807, 2.05) is 19.1 Å². The average Bonchev–Trinajstić information content (AvgIpc) is 2.03. The first kappa shape index (κ1) is 10.2. The van der Waals surface area contributed by atoms with Crippen LogP contribution in [0.25, 0.3) is 0 Å². The molecule has 1 aromatic heterocycles. The molecule has 1 aromatic rings. The zero-order valence-electron chi connectivity index (χ0n) is 7.29.